The molecule has 292 valence electrons. The van der Waals surface area contributed by atoms with Gasteiger partial charge in [0.1, 0.15) is 35.1 Å². The molecular weight excluding hydrogens is 719 g/mol. The Labute approximate surface area is 315 Å². The first kappa shape index (κ1) is 40.2. The second-order valence-electron chi connectivity index (χ2n) is 15.3. The molecule has 5 atom stereocenters. The van der Waals surface area contributed by atoms with E-state index in [1.165, 1.54) is 17.1 Å². The quantitative estimate of drug-likeness (QED) is 0.177. The fraction of sp³-hybridized carbons (Fsp3) is 0.526. The Hall–Kier alpha value is -4.99. The van der Waals surface area contributed by atoms with Gasteiger partial charge in [-0.1, -0.05) is 11.6 Å². The van der Waals surface area contributed by atoms with E-state index in [4.69, 9.17) is 14.2 Å². The van der Waals surface area contributed by atoms with Gasteiger partial charge in [-0.2, -0.15) is 0 Å². The minimum atomic E-state index is -3.93. The van der Waals surface area contributed by atoms with Gasteiger partial charge >= 0.3 is 6.09 Å². The van der Waals surface area contributed by atoms with E-state index < -0.39 is 74.3 Å². The average Bonchev–Trinajstić information content (AvgIpc) is 4.02. The number of pyridine rings is 1. The highest BCUT2D eigenvalue weighted by atomic mass is 32.2. The van der Waals surface area contributed by atoms with E-state index in [-0.39, 0.29) is 43.9 Å². The lowest BCUT2D eigenvalue weighted by molar-refractivity contribution is -0.141. The Morgan fingerprint density at radius 2 is 1.85 bits per heavy atom. The molecule has 1 aromatic carbocycles. The van der Waals surface area contributed by atoms with Gasteiger partial charge in [0.2, 0.25) is 27.7 Å². The molecular formula is C38H49N5O10S. The summed E-state index contributed by atoms with van der Waals surface area (Å²) in [5.41, 5.74) is -1.73. The first-order valence-electron chi connectivity index (χ1n) is 17.9. The number of amides is 4. The summed E-state index contributed by atoms with van der Waals surface area (Å²) in [6, 6.07) is 4.62. The number of sulfonamides is 1. The van der Waals surface area contributed by atoms with Gasteiger partial charge in [0.15, 0.2) is 5.78 Å². The number of nitrogens with zero attached hydrogens (tertiary/aromatic N) is 2. The number of nitrogens with one attached hydrogen (secondary N) is 3. The molecule has 2 heterocycles. The van der Waals surface area contributed by atoms with Gasteiger partial charge in [0.05, 0.1) is 18.9 Å². The number of ketones is 1. The molecule has 3 aliphatic rings. The summed E-state index contributed by atoms with van der Waals surface area (Å²) in [5, 5.41) is 6.10. The Bertz CT molecular complexity index is 1970. The van der Waals surface area contributed by atoms with Crippen molar-refractivity contribution in [2.75, 3.05) is 13.7 Å². The third kappa shape index (κ3) is 9.56. The van der Waals surface area contributed by atoms with Crippen molar-refractivity contribution in [1.29, 1.82) is 0 Å². The number of likely N-dealkylation sites (tertiary alicyclic amines) is 1. The molecule has 0 bridgehead atoms. The van der Waals surface area contributed by atoms with E-state index in [0.29, 0.717) is 24.0 Å². The summed E-state index contributed by atoms with van der Waals surface area (Å²) in [6.07, 6.45) is 3.53. The normalized spacial score (nSPS) is 22.7. The van der Waals surface area contributed by atoms with E-state index in [1.807, 2.05) is 6.07 Å². The van der Waals surface area contributed by atoms with Crippen LogP contribution in [-0.4, -0.2) is 96.1 Å². The SMILES string of the molecule is C=CC1CC1(NC(=O)C1CC(Oc2nccc3cc(OC)ccc23)CN1C(=O)C(CCC(=O)C=C(C)C)NC(=O)OC(C)(C)C)C(=O)NS(=O)(=O)C1CC1. The highest BCUT2D eigenvalue weighted by Gasteiger charge is 2.62. The maximum atomic E-state index is 14.5. The number of hydrogen-bond donors (Lipinski definition) is 3. The summed E-state index contributed by atoms with van der Waals surface area (Å²) >= 11 is 0. The van der Waals surface area contributed by atoms with Crippen LogP contribution in [0.2, 0.25) is 0 Å². The summed E-state index contributed by atoms with van der Waals surface area (Å²) < 4.78 is 44.6. The van der Waals surface area contributed by atoms with Crippen LogP contribution in [0.5, 0.6) is 11.6 Å². The minimum Gasteiger partial charge on any atom is -0.497 e. The van der Waals surface area contributed by atoms with Crippen molar-refractivity contribution in [2.45, 2.75) is 108 Å². The van der Waals surface area contributed by atoms with E-state index in [2.05, 4.69) is 26.9 Å². The Kier molecular flexibility index (Phi) is 11.7. The second kappa shape index (κ2) is 15.8. The molecule has 4 amide bonds. The van der Waals surface area contributed by atoms with Crippen molar-refractivity contribution in [3.05, 3.63) is 54.8 Å². The molecule has 5 unspecified atom stereocenters. The molecule has 0 spiro atoms. The molecule has 2 aromatic rings. The molecule has 16 heteroatoms. The number of methoxy groups -OCH3 is 1. The maximum absolute atomic E-state index is 14.5. The van der Waals surface area contributed by atoms with Crippen LogP contribution in [0.1, 0.15) is 73.1 Å². The summed E-state index contributed by atoms with van der Waals surface area (Å²) in [7, 11) is -2.38. The molecule has 1 aliphatic heterocycles. The summed E-state index contributed by atoms with van der Waals surface area (Å²) in [6.45, 7) is 12.1. The van der Waals surface area contributed by atoms with Gasteiger partial charge < -0.3 is 29.7 Å². The van der Waals surface area contributed by atoms with Gasteiger partial charge in [0, 0.05) is 30.3 Å². The van der Waals surface area contributed by atoms with Gasteiger partial charge in [-0.15, -0.1) is 6.58 Å². The van der Waals surface area contributed by atoms with E-state index in [9.17, 15) is 32.4 Å². The first-order valence-corrected chi connectivity index (χ1v) is 19.5. The fourth-order valence-corrected chi connectivity index (χ4v) is 7.85. The van der Waals surface area contributed by atoms with Crippen molar-refractivity contribution in [3.63, 3.8) is 0 Å². The van der Waals surface area contributed by atoms with Crippen molar-refractivity contribution < 1.29 is 46.6 Å². The fourth-order valence-electron chi connectivity index (χ4n) is 6.49. The number of aromatic nitrogens is 1. The zero-order chi connectivity index (χ0) is 39.6. The molecule has 1 aromatic heterocycles. The molecule has 54 heavy (non-hydrogen) atoms. The summed E-state index contributed by atoms with van der Waals surface area (Å²) in [4.78, 5) is 73.6. The van der Waals surface area contributed by atoms with Crippen LogP contribution >= 0.6 is 0 Å². The van der Waals surface area contributed by atoms with Crippen LogP contribution in [0.3, 0.4) is 0 Å². The monoisotopic (exact) mass is 767 g/mol. The third-order valence-corrected chi connectivity index (χ3v) is 11.2. The third-order valence-electron chi connectivity index (χ3n) is 9.43. The number of alkyl carbamates (subject to hydrolysis) is 1. The van der Waals surface area contributed by atoms with E-state index in [0.717, 1.165) is 11.0 Å². The van der Waals surface area contributed by atoms with Crippen molar-refractivity contribution in [3.8, 4) is 11.6 Å². The van der Waals surface area contributed by atoms with Gasteiger partial charge in [-0.3, -0.25) is 23.9 Å². The zero-order valence-electron chi connectivity index (χ0n) is 31.5. The molecule has 0 radical (unpaired) electrons. The van der Waals surface area contributed by atoms with Crippen LogP contribution in [0.15, 0.2) is 54.8 Å². The largest absolute Gasteiger partial charge is 0.497 e. The number of allylic oxidation sites excluding steroid dienone is 2. The predicted molar refractivity (Wildman–Crippen MR) is 199 cm³/mol. The second-order valence-corrected chi connectivity index (χ2v) is 17.3. The Morgan fingerprint density at radius 1 is 1.13 bits per heavy atom. The standard InChI is InChI=1S/C38H49N5O10S/c1-8-24-20-38(24,35(47)42-54(49,50)28-11-12-28)41-32(45)31-19-27(52-33-29-13-10-26(51-7)18-23(29)15-16-39-33)21-43(31)34(46)30(14-9-25(44)17-22(2)3)40-36(48)53-37(4,5)6/h8,10,13,15-18,24,27-28,30-31H,1,9,11-12,14,19-21H2,2-7H3,(H,40,48)(H,41,45)(H,42,47). The van der Waals surface area contributed by atoms with E-state index >= 15 is 0 Å². The van der Waals surface area contributed by atoms with Gasteiger partial charge in [-0.05, 0) is 96.0 Å². The van der Waals surface area contributed by atoms with Crippen molar-refractivity contribution in [1.82, 2.24) is 25.2 Å². The van der Waals surface area contributed by atoms with Crippen LogP contribution in [0.25, 0.3) is 10.8 Å². The molecule has 2 aliphatic carbocycles. The number of ether oxygens (including phenoxy) is 3. The predicted octanol–water partition coefficient (Wildman–Crippen LogP) is 3.47. The Balaban J connectivity index is 1.45. The number of rotatable bonds is 15. The molecule has 1 saturated heterocycles. The van der Waals surface area contributed by atoms with Gasteiger partial charge in [-0.25, -0.2) is 18.2 Å². The first-order chi connectivity index (χ1) is 25.4. The molecule has 3 fully saturated rings. The Morgan fingerprint density at radius 3 is 2.46 bits per heavy atom. The molecule has 5 rings (SSSR count). The van der Waals surface area contributed by atoms with Crippen molar-refractivity contribution >= 4 is 50.4 Å². The smallest absolute Gasteiger partial charge is 0.408 e. The van der Waals surface area contributed by atoms with Crippen molar-refractivity contribution in [2.24, 2.45) is 5.92 Å². The number of carbonyl (C=O) groups excluding carboxylic acids is 5. The van der Waals surface area contributed by atoms with Crippen LogP contribution in [-0.2, 0) is 33.9 Å². The molecule has 2 saturated carbocycles. The van der Waals surface area contributed by atoms with Crippen LogP contribution in [0, 0.1) is 5.92 Å². The lowest BCUT2D eigenvalue weighted by Gasteiger charge is -2.30. The summed E-state index contributed by atoms with van der Waals surface area (Å²) in [5.74, 6) is -2.24. The van der Waals surface area contributed by atoms with Gasteiger partial charge in [0.25, 0.3) is 5.91 Å². The topological polar surface area (TPSA) is 199 Å². The zero-order valence-corrected chi connectivity index (χ0v) is 32.3. The molecule has 3 N–H and O–H groups in total. The number of benzene rings is 1. The number of fused-ring (bicyclic) bond motifs is 1. The number of carbonyl (C=O) groups is 5. The van der Waals surface area contributed by atoms with E-state index in [1.54, 1.807) is 66.1 Å². The van der Waals surface area contributed by atoms with Crippen LogP contribution in [0.4, 0.5) is 4.79 Å². The highest BCUT2D eigenvalue weighted by Crippen LogP contribution is 2.45. The molecule has 15 nitrogen and oxygen atoms in total. The minimum absolute atomic E-state index is 0.0432. The average molecular weight is 768 g/mol. The highest BCUT2D eigenvalue weighted by molar-refractivity contribution is 7.91. The number of hydrogen-bond acceptors (Lipinski definition) is 11. The lowest BCUT2D eigenvalue weighted by Crippen LogP contribution is -2.58. The van der Waals surface area contributed by atoms with Crippen LogP contribution < -0.4 is 24.8 Å². The lowest BCUT2D eigenvalue weighted by atomic mass is 10.1. The maximum Gasteiger partial charge on any atom is 0.408 e.